The molecule has 1 fully saturated rings. The number of H-pyrrole nitrogens is 1. The SMILES string of the molecule is O=c1ccn([C@H]2CC[C@H](CCO)OC2)c(=O)[nH]1. The van der Waals surface area contributed by atoms with Gasteiger partial charge < -0.3 is 9.84 Å². The second-order valence-electron chi connectivity index (χ2n) is 4.22. The number of hydrogen-bond acceptors (Lipinski definition) is 4. The first-order valence-electron chi connectivity index (χ1n) is 5.74. The number of rotatable bonds is 3. The number of nitrogens with one attached hydrogen (secondary N) is 1. The van der Waals surface area contributed by atoms with Crippen LogP contribution in [-0.2, 0) is 4.74 Å². The van der Waals surface area contributed by atoms with E-state index in [0.717, 1.165) is 12.8 Å². The molecule has 1 aromatic rings. The van der Waals surface area contributed by atoms with Crippen LogP contribution in [-0.4, -0.2) is 34.0 Å². The van der Waals surface area contributed by atoms with Gasteiger partial charge in [-0.3, -0.25) is 14.3 Å². The van der Waals surface area contributed by atoms with Gasteiger partial charge in [0.1, 0.15) is 0 Å². The third-order valence-corrected chi connectivity index (χ3v) is 3.04. The van der Waals surface area contributed by atoms with E-state index in [1.807, 2.05) is 0 Å². The third-order valence-electron chi connectivity index (χ3n) is 3.04. The fourth-order valence-corrected chi connectivity index (χ4v) is 2.10. The Bertz CT molecular complexity index is 471. The van der Waals surface area contributed by atoms with Crippen LogP contribution < -0.4 is 11.2 Å². The summed E-state index contributed by atoms with van der Waals surface area (Å²) in [6.45, 7) is 0.560. The van der Waals surface area contributed by atoms with E-state index in [1.165, 1.54) is 16.8 Å². The van der Waals surface area contributed by atoms with Crippen molar-refractivity contribution in [3.8, 4) is 0 Å². The van der Waals surface area contributed by atoms with Gasteiger partial charge in [0.25, 0.3) is 5.56 Å². The number of aliphatic hydroxyl groups is 1. The van der Waals surface area contributed by atoms with Gasteiger partial charge in [0.15, 0.2) is 0 Å². The summed E-state index contributed by atoms with van der Waals surface area (Å²) in [4.78, 5) is 24.7. The van der Waals surface area contributed by atoms with Gasteiger partial charge in [0, 0.05) is 18.9 Å². The molecule has 17 heavy (non-hydrogen) atoms. The monoisotopic (exact) mass is 240 g/mol. The molecular weight excluding hydrogens is 224 g/mol. The number of aromatic nitrogens is 2. The molecule has 0 bridgehead atoms. The summed E-state index contributed by atoms with van der Waals surface area (Å²) >= 11 is 0. The van der Waals surface area contributed by atoms with Crippen molar-refractivity contribution in [3.05, 3.63) is 33.1 Å². The molecule has 2 heterocycles. The largest absolute Gasteiger partial charge is 0.396 e. The maximum absolute atomic E-state index is 11.6. The zero-order valence-corrected chi connectivity index (χ0v) is 9.46. The van der Waals surface area contributed by atoms with Crippen LogP contribution in [0.2, 0.25) is 0 Å². The highest BCUT2D eigenvalue weighted by atomic mass is 16.5. The molecule has 0 aliphatic carbocycles. The summed E-state index contributed by atoms with van der Waals surface area (Å²) < 4.78 is 7.06. The Balaban J connectivity index is 2.05. The van der Waals surface area contributed by atoms with Crippen LogP contribution in [0.3, 0.4) is 0 Å². The van der Waals surface area contributed by atoms with Crippen LogP contribution in [0.4, 0.5) is 0 Å². The van der Waals surface area contributed by atoms with E-state index in [9.17, 15) is 9.59 Å². The van der Waals surface area contributed by atoms with Crippen LogP contribution >= 0.6 is 0 Å². The number of nitrogens with zero attached hydrogens (tertiary/aromatic N) is 1. The van der Waals surface area contributed by atoms with E-state index in [4.69, 9.17) is 9.84 Å². The van der Waals surface area contributed by atoms with E-state index in [2.05, 4.69) is 4.98 Å². The fourth-order valence-electron chi connectivity index (χ4n) is 2.10. The molecule has 0 aromatic carbocycles. The third kappa shape index (κ3) is 2.83. The molecule has 1 aliphatic heterocycles. The van der Waals surface area contributed by atoms with Gasteiger partial charge in [-0.1, -0.05) is 0 Å². The molecule has 2 N–H and O–H groups in total. The van der Waals surface area contributed by atoms with E-state index >= 15 is 0 Å². The molecule has 0 amide bonds. The smallest absolute Gasteiger partial charge is 0.328 e. The minimum atomic E-state index is -0.397. The van der Waals surface area contributed by atoms with Crippen molar-refractivity contribution in [3.63, 3.8) is 0 Å². The summed E-state index contributed by atoms with van der Waals surface area (Å²) in [7, 11) is 0. The van der Waals surface area contributed by atoms with E-state index in [1.54, 1.807) is 0 Å². The van der Waals surface area contributed by atoms with Crippen LogP contribution in [0.25, 0.3) is 0 Å². The first-order chi connectivity index (χ1) is 8.20. The quantitative estimate of drug-likeness (QED) is 0.755. The summed E-state index contributed by atoms with van der Waals surface area (Å²) in [5, 5.41) is 8.80. The standard InChI is InChI=1S/C11H16N2O4/c14-6-4-9-2-1-8(7-17-9)13-5-3-10(15)12-11(13)16/h3,5,8-9,14H,1-2,4,6-7H2,(H,12,15,16)/t8-,9+/m0/s1. The predicted molar refractivity (Wildman–Crippen MR) is 61.0 cm³/mol. The number of hydrogen-bond donors (Lipinski definition) is 2. The maximum atomic E-state index is 11.6. The highest BCUT2D eigenvalue weighted by Gasteiger charge is 2.23. The molecule has 1 aliphatic rings. The van der Waals surface area contributed by atoms with Crippen LogP contribution in [0.5, 0.6) is 0 Å². The molecule has 0 saturated carbocycles. The lowest BCUT2D eigenvalue weighted by Gasteiger charge is -2.29. The van der Waals surface area contributed by atoms with Crippen molar-refractivity contribution in [2.75, 3.05) is 13.2 Å². The Hall–Kier alpha value is -1.40. The van der Waals surface area contributed by atoms with Crippen molar-refractivity contribution < 1.29 is 9.84 Å². The minimum Gasteiger partial charge on any atom is -0.396 e. The molecule has 6 nitrogen and oxygen atoms in total. The van der Waals surface area contributed by atoms with Crippen LogP contribution in [0, 0.1) is 0 Å². The lowest BCUT2D eigenvalue weighted by Crippen LogP contribution is -2.36. The van der Waals surface area contributed by atoms with Gasteiger partial charge >= 0.3 is 5.69 Å². The second-order valence-corrected chi connectivity index (χ2v) is 4.22. The van der Waals surface area contributed by atoms with Gasteiger partial charge in [-0.25, -0.2) is 4.79 Å². The fraction of sp³-hybridized carbons (Fsp3) is 0.636. The molecule has 2 atom stereocenters. The van der Waals surface area contributed by atoms with Crippen molar-refractivity contribution in [2.45, 2.75) is 31.4 Å². The number of ether oxygens (including phenoxy) is 1. The topological polar surface area (TPSA) is 84.3 Å². The average Bonchev–Trinajstić information content (AvgIpc) is 2.31. The van der Waals surface area contributed by atoms with E-state index in [0.29, 0.717) is 13.0 Å². The maximum Gasteiger partial charge on any atom is 0.328 e. The zero-order chi connectivity index (χ0) is 12.3. The molecule has 0 spiro atoms. The Morgan fingerprint density at radius 2 is 2.29 bits per heavy atom. The Morgan fingerprint density at radius 1 is 1.47 bits per heavy atom. The molecular formula is C11H16N2O4. The van der Waals surface area contributed by atoms with Crippen LogP contribution in [0.15, 0.2) is 21.9 Å². The second kappa shape index (κ2) is 5.29. The normalized spacial score (nSPS) is 24.8. The van der Waals surface area contributed by atoms with Crippen LogP contribution in [0.1, 0.15) is 25.3 Å². The van der Waals surface area contributed by atoms with Crippen molar-refractivity contribution in [1.29, 1.82) is 0 Å². The molecule has 1 aromatic heterocycles. The van der Waals surface area contributed by atoms with E-state index in [-0.39, 0.29) is 24.3 Å². The summed E-state index contributed by atoms with van der Waals surface area (Å²) in [5.74, 6) is 0. The summed E-state index contributed by atoms with van der Waals surface area (Å²) in [6, 6.07) is 1.30. The summed E-state index contributed by atoms with van der Waals surface area (Å²) in [5.41, 5.74) is -0.784. The predicted octanol–water partition coefficient (Wildman–Crippen LogP) is -0.361. The minimum absolute atomic E-state index is 0.0331. The molecule has 0 unspecified atom stereocenters. The van der Waals surface area contributed by atoms with Gasteiger partial charge in [0.2, 0.25) is 0 Å². The zero-order valence-electron chi connectivity index (χ0n) is 9.46. The lowest BCUT2D eigenvalue weighted by atomic mass is 10.0. The summed E-state index contributed by atoms with van der Waals surface area (Å²) in [6.07, 6.45) is 3.84. The number of aliphatic hydroxyl groups excluding tert-OH is 1. The average molecular weight is 240 g/mol. The first-order valence-corrected chi connectivity index (χ1v) is 5.74. The van der Waals surface area contributed by atoms with Gasteiger partial charge in [-0.15, -0.1) is 0 Å². The highest BCUT2D eigenvalue weighted by Crippen LogP contribution is 2.23. The molecule has 1 saturated heterocycles. The van der Waals surface area contributed by atoms with E-state index < -0.39 is 5.69 Å². The number of aromatic amines is 1. The molecule has 94 valence electrons. The lowest BCUT2D eigenvalue weighted by molar-refractivity contribution is -0.0237. The molecule has 6 heteroatoms. The van der Waals surface area contributed by atoms with Crippen molar-refractivity contribution in [1.82, 2.24) is 9.55 Å². The van der Waals surface area contributed by atoms with Gasteiger partial charge in [-0.05, 0) is 19.3 Å². The Labute approximate surface area is 97.9 Å². The van der Waals surface area contributed by atoms with Gasteiger partial charge in [0.05, 0.1) is 18.8 Å². The Kier molecular flexibility index (Phi) is 3.75. The Morgan fingerprint density at radius 3 is 2.88 bits per heavy atom. The molecule has 2 rings (SSSR count). The highest BCUT2D eigenvalue weighted by molar-refractivity contribution is 4.87. The molecule has 0 radical (unpaired) electrons. The van der Waals surface area contributed by atoms with Gasteiger partial charge in [-0.2, -0.15) is 0 Å². The first kappa shape index (κ1) is 12.1. The van der Waals surface area contributed by atoms with Crippen molar-refractivity contribution in [2.24, 2.45) is 0 Å². The van der Waals surface area contributed by atoms with Crippen molar-refractivity contribution >= 4 is 0 Å².